The molecule has 4 rings (SSSR count). The standard InChI is InChI=1S/C23H26N6O2S/c1-15(18-8-7-16-5-3-4-6-19(16)13-18)24-22(31)17-9-11-20(12-10-17)25-21(30)14-32-23-26-27-28-29(23)2/h7-13,15H,3-6,14H2,1-2H3,(H,24,31)(H,25,30)/t15-/m1/s1. The molecular formula is C23H26N6O2S. The summed E-state index contributed by atoms with van der Waals surface area (Å²) in [5.74, 6) is -0.121. The predicted molar refractivity (Wildman–Crippen MR) is 124 cm³/mol. The van der Waals surface area contributed by atoms with Crippen LogP contribution in [0.15, 0.2) is 47.6 Å². The van der Waals surface area contributed by atoms with Gasteiger partial charge in [-0.1, -0.05) is 30.0 Å². The number of fused-ring (bicyclic) bond motifs is 1. The van der Waals surface area contributed by atoms with Crippen molar-refractivity contribution >= 4 is 29.3 Å². The van der Waals surface area contributed by atoms with Gasteiger partial charge in [0.2, 0.25) is 11.1 Å². The van der Waals surface area contributed by atoms with Crippen molar-refractivity contribution in [2.75, 3.05) is 11.1 Å². The van der Waals surface area contributed by atoms with Crippen molar-refractivity contribution in [3.63, 3.8) is 0 Å². The largest absolute Gasteiger partial charge is 0.346 e. The van der Waals surface area contributed by atoms with Gasteiger partial charge in [0.15, 0.2) is 0 Å². The number of carbonyl (C=O) groups excluding carboxylic acids is 2. The first kappa shape index (κ1) is 22.0. The van der Waals surface area contributed by atoms with Crippen molar-refractivity contribution in [1.29, 1.82) is 0 Å². The zero-order chi connectivity index (χ0) is 22.5. The summed E-state index contributed by atoms with van der Waals surface area (Å²) < 4.78 is 1.51. The Morgan fingerprint density at radius 2 is 1.84 bits per heavy atom. The fourth-order valence-corrected chi connectivity index (χ4v) is 4.41. The molecule has 9 heteroatoms. The molecule has 1 heterocycles. The molecular weight excluding hydrogens is 424 g/mol. The molecule has 0 spiro atoms. The Morgan fingerprint density at radius 1 is 1.09 bits per heavy atom. The molecule has 2 aromatic carbocycles. The molecule has 0 radical (unpaired) electrons. The minimum atomic E-state index is -0.170. The van der Waals surface area contributed by atoms with Gasteiger partial charge in [0.1, 0.15) is 0 Å². The lowest BCUT2D eigenvalue weighted by Gasteiger charge is -2.20. The van der Waals surface area contributed by atoms with Crippen LogP contribution in [0.4, 0.5) is 5.69 Å². The number of amides is 2. The number of aryl methyl sites for hydroxylation is 3. The smallest absolute Gasteiger partial charge is 0.251 e. The summed E-state index contributed by atoms with van der Waals surface area (Å²) in [7, 11) is 1.72. The van der Waals surface area contributed by atoms with Crippen LogP contribution in [0.3, 0.4) is 0 Å². The van der Waals surface area contributed by atoms with E-state index in [-0.39, 0.29) is 23.6 Å². The van der Waals surface area contributed by atoms with Gasteiger partial charge in [0.25, 0.3) is 5.91 Å². The number of rotatable bonds is 7. The second-order valence-corrected chi connectivity index (χ2v) is 8.87. The van der Waals surface area contributed by atoms with Gasteiger partial charge in [-0.15, -0.1) is 5.10 Å². The van der Waals surface area contributed by atoms with Crippen molar-refractivity contribution in [3.8, 4) is 0 Å². The first-order valence-electron chi connectivity index (χ1n) is 10.7. The fraction of sp³-hybridized carbons (Fsp3) is 0.348. The molecule has 1 atom stereocenters. The summed E-state index contributed by atoms with van der Waals surface area (Å²) in [4.78, 5) is 24.8. The fourth-order valence-electron chi connectivity index (χ4n) is 3.76. The highest BCUT2D eigenvalue weighted by Crippen LogP contribution is 2.25. The van der Waals surface area contributed by atoms with Gasteiger partial charge in [-0.05, 0) is 84.0 Å². The van der Waals surface area contributed by atoms with E-state index >= 15 is 0 Å². The molecule has 166 valence electrons. The van der Waals surface area contributed by atoms with Gasteiger partial charge in [-0.2, -0.15) is 0 Å². The van der Waals surface area contributed by atoms with E-state index < -0.39 is 0 Å². The topological polar surface area (TPSA) is 102 Å². The Bertz CT molecular complexity index is 1110. The quantitative estimate of drug-likeness (QED) is 0.536. The molecule has 0 fully saturated rings. The van der Waals surface area contributed by atoms with E-state index in [4.69, 9.17) is 0 Å². The predicted octanol–water partition coefficient (Wildman–Crippen LogP) is 3.31. The third kappa shape index (κ3) is 5.34. The molecule has 1 aliphatic carbocycles. The summed E-state index contributed by atoms with van der Waals surface area (Å²) in [5.41, 5.74) is 5.14. The van der Waals surface area contributed by atoms with E-state index in [2.05, 4.69) is 44.4 Å². The first-order chi connectivity index (χ1) is 15.5. The van der Waals surface area contributed by atoms with Gasteiger partial charge >= 0.3 is 0 Å². The SMILES string of the molecule is C[C@@H](NC(=O)c1ccc(NC(=O)CSc2nnnn2C)cc1)c1ccc2c(c1)CCCC2. The lowest BCUT2D eigenvalue weighted by atomic mass is 9.89. The molecule has 0 aliphatic heterocycles. The number of benzene rings is 2. The molecule has 1 aromatic heterocycles. The van der Waals surface area contributed by atoms with Crippen LogP contribution >= 0.6 is 11.8 Å². The van der Waals surface area contributed by atoms with Gasteiger partial charge in [-0.25, -0.2) is 4.68 Å². The molecule has 32 heavy (non-hydrogen) atoms. The Balaban J connectivity index is 1.30. The molecule has 1 aliphatic rings. The number of anilines is 1. The molecule has 3 aromatic rings. The van der Waals surface area contributed by atoms with Crippen LogP contribution < -0.4 is 10.6 Å². The highest BCUT2D eigenvalue weighted by Gasteiger charge is 2.15. The number of thioether (sulfide) groups is 1. The zero-order valence-corrected chi connectivity index (χ0v) is 19.0. The Morgan fingerprint density at radius 3 is 2.56 bits per heavy atom. The zero-order valence-electron chi connectivity index (χ0n) is 18.2. The van der Waals surface area contributed by atoms with Gasteiger partial charge in [-0.3, -0.25) is 9.59 Å². The number of hydrogen-bond acceptors (Lipinski definition) is 6. The average Bonchev–Trinajstić information content (AvgIpc) is 3.22. The maximum absolute atomic E-state index is 12.7. The van der Waals surface area contributed by atoms with Crippen molar-refractivity contribution in [1.82, 2.24) is 25.5 Å². The Labute approximate surface area is 191 Å². The second kappa shape index (κ2) is 9.95. The average molecular weight is 451 g/mol. The van der Waals surface area contributed by atoms with E-state index in [0.717, 1.165) is 18.4 Å². The van der Waals surface area contributed by atoms with Gasteiger partial charge in [0.05, 0.1) is 11.8 Å². The van der Waals surface area contributed by atoms with Crippen LogP contribution in [-0.2, 0) is 24.7 Å². The normalized spacial score (nSPS) is 13.8. The van der Waals surface area contributed by atoms with Crippen LogP contribution in [0.1, 0.15) is 52.9 Å². The molecule has 0 bridgehead atoms. The summed E-state index contributed by atoms with van der Waals surface area (Å²) in [6.45, 7) is 2.00. The van der Waals surface area contributed by atoms with Gasteiger partial charge < -0.3 is 10.6 Å². The number of nitrogens with zero attached hydrogens (tertiary/aromatic N) is 4. The highest BCUT2D eigenvalue weighted by molar-refractivity contribution is 7.99. The number of tetrazole rings is 1. The summed E-state index contributed by atoms with van der Waals surface area (Å²) in [6, 6.07) is 13.3. The van der Waals surface area contributed by atoms with Crippen LogP contribution in [-0.4, -0.2) is 37.8 Å². The van der Waals surface area contributed by atoms with Crippen molar-refractivity contribution in [2.24, 2.45) is 7.05 Å². The van der Waals surface area contributed by atoms with Crippen LogP contribution in [0, 0.1) is 0 Å². The number of hydrogen-bond donors (Lipinski definition) is 2. The highest BCUT2D eigenvalue weighted by atomic mass is 32.2. The minimum Gasteiger partial charge on any atom is -0.346 e. The first-order valence-corrected chi connectivity index (χ1v) is 11.7. The maximum Gasteiger partial charge on any atom is 0.251 e. The van der Waals surface area contributed by atoms with E-state index in [1.165, 1.54) is 40.4 Å². The lowest BCUT2D eigenvalue weighted by molar-refractivity contribution is -0.113. The number of carbonyl (C=O) groups is 2. The van der Waals surface area contributed by atoms with Crippen LogP contribution in [0.25, 0.3) is 0 Å². The van der Waals surface area contributed by atoms with Gasteiger partial charge in [0, 0.05) is 18.3 Å². The summed E-state index contributed by atoms with van der Waals surface area (Å²) in [6.07, 6.45) is 4.75. The minimum absolute atomic E-state index is 0.0822. The maximum atomic E-state index is 12.7. The summed E-state index contributed by atoms with van der Waals surface area (Å²) in [5, 5.41) is 17.6. The van der Waals surface area contributed by atoms with Crippen LogP contribution in [0.5, 0.6) is 0 Å². The lowest BCUT2D eigenvalue weighted by Crippen LogP contribution is -2.26. The Kier molecular flexibility index (Phi) is 6.84. The molecule has 2 amide bonds. The third-order valence-electron chi connectivity index (χ3n) is 5.56. The van der Waals surface area contributed by atoms with E-state index in [9.17, 15) is 9.59 Å². The number of nitrogens with one attached hydrogen (secondary N) is 2. The monoisotopic (exact) mass is 450 g/mol. The second-order valence-electron chi connectivity index (χ2n) is 7.93. The molecule has 8 nitrogen and oxygen atoms in total. The van der Waals surface area contributed by atoms with E-state index in [1.807, 2.05) is 6.92 Å². The summed E-state index contributed by atoms with van der Waals surface area (Å²) >= 11 is 1.25. The molecule has 0 saturated carbocycles. The van der Waals surface area contributed by atoms with Crippen LogP contribution in [0.2, 0.25) is 0 Å². The third-order valence-corrected chi connectivity index (χ3v) is 6.58. The number of aromatic nitrogens is 4. The van der Waals surface area contributed by atoms with E-state index in [0.29, 0.717) is 16.4 Å². The van der Waals surface area contributed by atoms with Crippen molar-refractivity contribution in [3.05, 3.63) is 64.7 Å². The molecule has 0 unspecified atom stereocenters. The van der Waals surface area contributed by atoms with E-state index in [1.54, 1.807) is 31.3 Å². The Hall–Kier alpha value is -3.20. The molecule has 2 N–H and O–H groups in total. The van der Waals surface area contributed by atoms with Crippen molar-refractivity contribution < 1.29 is 9.59 Å². The molecule has 0 saturated heterocycles. The van der Waals surface area contributed by atoms with Crippen molar-refractivity contribution in [2.45, 2.75) is 43.8 Å².